The Morgan fingerprint density at radius 2 is 1.85 bits per heavy atom. The molecule has 8 nitrogen and oxygen atoms in total. The summed E-state index contributed by atoms with van der Waals surface area (Å²) in [4.78, 5) is 22.9. The number of hydrogen-bond acceptors (Lipinski definition) is 5. The van der Waals surface area contributed by atoms with Crippen LogP contribution in [0.25, 0.3) is 0 Å². The van der Waals surface area contributed by atoms with E-state index in [1.807, 2.05) is 0 Å². The molecule has 2 aromatic rings. The van der Waals surface area contributed by atoms with E-state index in [9.17, 15) is 23.3 Å². The lowest BCUT2D eigenvalue weighted by molar-refractivity contribution is -0.385. The number of carbonyl (C=O) groups excluding carboxylic acids is 1. The lowest BCUT2D eigenvalue weighted by Crippen LogP contribution is -2.22. The van der Waals surface area contributed by atoms with E-state index in [4.69, 9.17) is 0 Å². The summed E-state index contributed by atoms with van der Waals surface area (Å²) >= 11 is 3.06. The van der Waals surface area contributed by atoms with Crippen molar-refractivity contribution < 1.29 is 18.1 Å². The number of nitrogens with one attached hydrogen (secondary N) is 1. The van der Waals surface area contributed by atoms with Gasteiger partial charge in [-0.3, -0.25) is 14.9 Å². The van der Waals surface area contributed by atoms with Crippen molar-refractivity contribution in [1.82, 2.24) is 4.31 Å². The standard InChI is InChI=1S/C16H16BrN3O5S/c1-10-4-6-12(26(24,25)19(2)3)9-14(10)18-16(21)11-5-7-13(17)15(8-11)20(22)23/h4-9H,1-3H3,(H,18,21). The molecular weight excluding hydrogens is 426 g/mol. The van der Waals surface area contributed by atoms with Crippen molar-refractivity contribution in [3.05, 3.63) is 62.1 Å². The second-order valence-corrected chi connectivity index (χ2v) is 8.65. The van der Waals surface area contributed by atoms with E-state index in [-0.39, 0.29) is 20.6 Å². The van der Waals surface area contributed by atoms with Crippen LogP contribution in [0.3, 0.4) is 0 Å². The predicted molar refractivity (Wildman–Crippen MR) is 101 cm³/mol. The molecule has 0 spiro atoms. The highest BCUT2D eigenvalue weighted by atomic mass is 79.9. The number of amides is 1. The van der Waals surface area contributed by atoms with E-state index in [0.29, 0.717) is 11.3 Å². The number of anilines is 1. The topological polar surface area (TPSA) is 110 Å². The summed E-state index contributed by atoms with van der Waals surface area (Å²) in [6, 6.07) is 8.38. The van der Waals surface area contributed by atoms with Gasteiger partial charge in [0.1, 0.15) is 0 Å². The third-order valence-electron chi connectivity index (χ3n) is 3.64. The van der Waals surface area contributed by atoms with Gasteiger partial charge in [0.2, 0.25) is 10.0 Å². The maximum Gasteiger partial charge on any atom is 0.284 e. The zero-order valence-corrected chi connectivity index (χ0v) is 16.6. The first-order valence-corrected chi connectivity index (χ1v) is 9.56. The predicted octanol–water partition coefficient (Wildman–Crippen LogP) is 3.17. The molecule has 2 aromatic carbocycles. The van der Waals surface area contributed by atoms with Gasteiger partial charge in [-0.2, -0.15) is 0 Å². The first-order chi connectivity index (χ1) is 12.0. The van der Waals surface area contributed by atoms with E-state index >= 15 is 0 Å². The number of halogens is 1. The van der Waals surface area contributed by atoms with Gasteiger partial charge in [0, 0.05) is 31.4 Å². The molecule has 0 heterocycles. The zero-order chi connectivity index (χ0) is 19.6. The molecule has 0 fully saturated rings. The Kier molecular flexibility index (Phi) is 5.79. The molecule has 0 aliphatic heterocycles. The summed E-state index contributed by atoms with van der Waals surface area (Å²) < 4.78 is 25.8. The van der Waals surface area contributed by atoms with Crippen LogP contribution in [0.5, 0.6) is 0 Å². The first kappa shape index (κ1) is 20.0. The fraction of sp³-hybridized carbons (Fsp3) is 0.188. The van der Waals surface area contributed by atoms with E-state index in [0.717, 1.165) is 10.4 Å². The van der Waals surface area contributed by atoms with Crippen molar-refractivity contribution in [2.45, 2.75) is 11.8 Å². The van der Waals surface area contributed by atoms with Gasteiger partial charge in [-0.15, -0.1) is 0 Å². The molecule has 0 aliphatic carbocycles. The zero-order valence-electron chi connectivity index (χ0n) is 14.2. The summed E-state index contributed by atoms with van der Waals surface area (Å²) in [7, 11) is -0.831. The Morgan fingerprint density at radius 3 is 2.42 bits per heavy atom. The van der Waals surface area contributed by atoms with Gasteiger partial charge in [-0.25, -0.2) is 12.7 Å². The van der Waals surface area contributed by atoms with Crippen molar-refractivity contribution in [1.29, 1.82) is 0 Å². The van der Waals surface area contributed by atoms with Crippen LogP contribution < -0.4 is 5.32 Å². The number of nitro groups is 1. The molecule has 26 heavy (non-hydrogen) atoms. The number of hydrogen-bond donors (Lipinski definition) is 1. The Balaban J connectivity index is 2.38. The third kappa shape index (κ3) is 4.09. The summed E-state index contributed by atoms with van der Waals surface area (Å²) in [6.07, 6.45) is 0. The maximum absolute atomic E-state index is 12.4. The number of aryl methyl sites for hydroxylation is 1. The van der Waals surface area contributed by atoms with Gasteiger partial charge in [-0.05, 0) is 52.7 Å². The molecule has 0 saturated carbocycles. The van der Waals surface area contributed by atoms with Crippen LogP contribution in [0.2, 0.25) is 0 Å². The minimum Gasteiger partial charge on any atom is -0.322 e. The van der Waals surface area contributed by atoms with Crippen molar-refractivity contribution in [2.75, 3.05) is 19.4 Å². The van der Waals surface area contributed by atoms with Gasteiger partial charge in [0.25, 0.3) is 11.6 Å². The normalized spacial score (nSPS) is 11.4. The third-order valence-corrected chi connectivity index (χ3v) is 6.12. The summed E-state index contributed by atoms with van der Waals surface area (Å²) in [5.41, 5.74) is 0.810. The van der Waals surface area contributed by atoms with Crippen molar-refractivity contribution in [2.24, 2.45) is 0 Å². The highest BCUT2D eigenvalue weighted by molar-refractivity contribution is 9.10. The number of benzene rings is 2. The quantitative estimate of drug-likeness (QED) is 0.565. The van der Waals surface area contributed by atoms with Gasteiger partial charge in [0.15, 0.2) is 0 Å². The van der Waals surface area contributed by atoms with Gasteiger partial charge < -0.3 is 5.32 Å². The molecule has 10 heteroatoms. The average molecular weight is 442 g/mol. The van der Waals surface area contributed by atoms with Crippen LogP contribution in [0, 0.1) is 17.0 Å². The molecule has 0 saturated heterocycles. The molecule has 0 atom stereocenters. The molecule has 1 N–H and O–H groups in total. The lowest BCUT2D eigenvalue weighted by Gasteiger charge is -2.14. The van der Waals surface area contributed by atoms with Gasteiger partial charge in [-0.1, -0.05) is 6.07 Å². The molecule has 0 radical (unpaired) electrons. The molecule has 1 amide bonds. The van der Waals surface area contributed by atoms with Crippen LogP contribution >= 0.6 is 15.9 Å². The summed E-state index contributed by atoms with van der Waals surface area (Å²) in [5.74, 6) is -0.580. The molecule has 0 unspecified atom stereocenters. The maximum atomic E-state index is 12.4. The van der Waals surface area contributed by atoms with E-state index < -0.39 is 20.9 Å². The van der Waals surface area contributed by atoms with E-state index in [2.05, 4.69) is 21.2 Å². The van der Waals surface area contributed by atoms with Crippen LogP contribution in [0.4, 0.5) is 11.4 Å². The molecule has 0 aromatic heterocycles. The van der Waals surface area contributed by atoms with Crippen molar-refractivity contribution in [3.8, 4) is 0 Å². The van der Waals surface area contributed by atoms with Crippen molar-refractivity contribution >= 4 is 43.2 Å². The Hall–Kier alpha value is -2.30. The number of carbonyl (C=O) groups is 1. The molecule has 0 bridgehead atoms. The number of nitro benzene ring substituents is 1. The minimum absolute atomic E-state index is 0.0326. The Bertz CT molecular complexity index is 989. The lowest BCUT2D eigenvalue weighted by atomic mass is 10.1. The highest BCUT2D eigenvalue weighted by Crippen LogP contribution is 2.27. The van der Waals surface area contributed by atoms with Crippen molar-refractivity contribution in [3.63, 3.8) is 0 Å². The number of rotatable bonds is 5. The average Bonchev–Trinajstić information content (AvgIpc) is 2.56. The monoisotopic (exact) mass is 441 g/mol. The van der Waals surface area contributed by atoms with Gasteiger partial charge >= 0.3 is 0 Å². The summed E-state index contributed by atoms with van der Waals surface area (Å²) in [5, 5.41) is 13.6. The number of nitrogens with zero attached hydrogens (tertiary/aromatic N) is 2. The largest absolute Gasteiger partial charge is 0.322 e. The second kappa shape index (κ2) is 7.52. The SMILES string of the molecule is Cc1ccc(S(=O)(=O)N(C)C)cc1NC(=O)c1ccc(Br)c([N+](=O)[O-])c1. The molecule has 138 valence electrons. The fourth-order valence-electron chi connectivity index (χ4n) is 2.10. The fourth-order valence-corrected chi connectivity index (χ4v) is 3.42. The minimum atomic E-state index is -3.65. The van der Waals surface area contributed by atoms with E-state index in [1.54, 1.807) is 13.0 Å². The van der Waals surface area contributed by atoms with E-state index in [1.165, 1.54) is 38.4 Å². The first-order valence-electron chi connectivity index (χ1n) is 7.32. The van der Waals surface area contributed by atoms with Crippen LogP contribution in [0.1, 0.15) is 15.9 Å². The smallest absolute Gasteiger partial charge is 0.284 e. The van der Waals surface area contributed by atoms with Gasteiger partial charge in [0.05, 0.1) is 14.3 Å². The second-order valence-electron chi connectivity index (χ2n) is 5.64. The molecular formula is C16H16BrN3O5S. The van der Waals surface area contributed by atoms with Crippen LogP contribution in [0.15, 0.2) is 45.8 Å². The van der Waals surface area contributed by atoms with Crippen LogP contribution in [-0.4, -0.2) is 37.6 Å². The number of sulfonamides is 1. The highest BCUT2D eigenvalue weighted by Gasteiger charge is 2.20. The molecule has 2 rings (SSSR count). The summed E-state index contributed by atoms with van der Waals surface area (Å²) in [6.45, 7) is 1.71. The van der Waals surface area contributed by atoms with Crippen LogP contribution in [-0.2, 0) is 10.0 Å². The molecule has 0 aliphatic rings. The Morgan fingerprint density at radius 1 is 1.19 bits per heavy atom. The Labute approximate surface area is 159 Å².